The Morgan fingerprint density at radius 1 is 0.893 bits per heavy atom. The molecule has 1 aromatic carbocycles. The maximum absolute atomic E-state index is 12.8. The van der Waals surface area contributed by atoms with Crippen molar-refractivity contribution >= 4 is 17.8 Å². The van der Waals surface area contributed by atoms with Crippen molar-refractivity contribution < 1.29 is 28.8 Å². The number of benzene rings is 1. The van der Waals surface area contributed by atoms with Gasteiger partial charge in [-0.2, -0.15) is 0 Å². The number of ether oxygens (including phenoxy) is 2. The number of urea groups is 1. The summed E-state index contributed by atoms with van der Waals surface area (Å²) >= 11 is 0. The molecular formula is C20H22N3O5+. The minimum absolute atomic E-state index is 0.122. The number of pyridine rings is 1. The third-order valence-corrected chi connectivity index (χ3v) is 4.90. The van der Waals surface area contributed by atoms with Crippen LogP contribution in [0.4, 0.5) is 4.79 Å². The van der Waals surface area contributed by atoms with Crippen LogP contribution in [0.1, 0.15) is 17.5 Å². The van der Waals surface area contributed by atoms with Crippen molar-refractivity contribution in [1.29, 1.82) is 0 Å². The Kier molecular flexibility index (Phi) is 5.58. The normalized spacial score (nSPS) is 15.6. The summed E-state index contributed by atoms with van der Waals surface area (Å²) in [6, 6.07) is 8.19. The number of carbonyl (C=O) groups is 3. The van der Waals surface area contributed by atoms with Crippen molar-refractivity contribution in [3.8, 4) is 11.5 Å². The Morgan fingerprint density at radius 3 is 2.14 bits per heavy atom. The van der Waals surface area contributed by atoms with Gasteiger partial charge in [0.2, 0.25) is 11.8 Å². The Hall–Kier alpha value is -3.42. The second kappa shape index (κ2) is 8.08. The number of methoxy groups -OCH3 is 2. The van der Waals surface area contributed by atoms with E-state index in [0.717, 1.165) is 11.1 Å². The second-order valence-electron chi connectivity index (χ2n) is 6.59. The fourth-order valence-electron chi connectivity index (χ4n) is 3.34. The Balaban J connectivity index is 1.93. The molecule has 2 heterocycles. The third-order valence-electron chi connectivity index (χ3n) is 4.90. The molecule has 0 bridgehead atoms. The lowest BCUT2D eigenvalue weighted by molar-refractivity contribution is -0.378. The van der Waals surface area contributed by atoms with Crippen LogP contribution in [-0.4, -0.2) is 32.1 Å². The maximum atomic E-state index is 12.8. The summed E-state index contributed by atoms with van der Waals surface area (Å²) in [7, 11) is 3.05. The Bertz CT molecular complexity index is 878. The molecule has 3 N–H and O–H groups in total. The van der Waals surface area contributed by atoms with Gasteiger partial charge in [0.05, 0.1) is 14.2 Å². The SMILES string of the molecule is COc1ccc(CC2(CCc3cc[nH+]cc3)C(=O)NC(=O)NC2=O)cc1OC. The van der Waals surface area contributed by atoms with Crippen LogP contribution in [0.15, 0.2) is 42.7 Å². The van der Waals surface area contributed by atoms with Gasteiger partial charge in [0, 0.05) is 12.1 Å². The van der Waals surface area contributed by atoms with E-state index in [4.69, 9.17) is 9.47 Å². The average Bonchev–Trinajstić information content (AvgIpc) is 2.70. The number of rotatable bonds is 7. The van der Waals surface area contributed by atoms with E-state index in [1.165, 1.54) is 14.2 Å². The summed E-state index contributed by atoms with van der Waals surface area (Å²) in [5.41, 5.74) is 0.286. The highest BCUT2D eigenvalue weighted by Gasteiger charge is 2.49. The van der Waals surface area contributed by atoms with Crippen molar-refractivity contribution in [2.45, 2.75) is 19.3 Å². The van der Waals surface area contributed by atoms with Crippen molar-refractivity contribution in [3.63, 3.8) is 0 Å². The highest BCUT2D eigenvalue weighted by atomic mass is 16.5. The monoisotopic (exact) mass is 384 g/mol. The van der Waals surface area contributed by atoms with Gasteiger partial charge in [0.1, 0.15) is 5.41 Å². The van der Waals surface area contributed by atoms with E-state index in [1.807, 2.05) is 12.1 Å². The first kappa shape index (κ1) is 19.3. The molecule has 28 heavy (non-hydrogen) atoms. The van der Waals surface area contributed by atoms with Crippen LogP contribution in [0.2, 0.25) is 0 Å². The maximum Gasteiger partial charge on any atom is 0.328 e. The molecule has 0 saturated carbocycles. The van der Waals surface area contributed by atoms with Crippen molar-refractivity contribution in [2.75, 3.05) is 14.2 Å². The molecule has 0 spiro atoms. The number of carbonyl (C=O) groups excluding carboxylic acids is 3. The largest absolute Gasteiger partial charge is 0.493 e. The topological polar surface area (TPSA) is 108 Å². The molecule has 1 aromatic heterocycles. The summed E-state index contributed by atoms with van der Waals surface area (Å²) in [5, 5.41) is 4.47. The van der Waals surface area contributed by atoms with Crippen LogP contribution < -0.4 is 25.1 Å². The molecule has 1 fully saturated rings. The number of nitrogens with one attached hydrogen (secondary N) is 3. The van der Waals surface area contributed by atoms with Gasteiger partial charge in [-0.05, 0) is 42.5 Å². The number of aryl methyl sites for hydroxylation is 1. The quantitative estimate of drug-likeness (QED) is 0.694. The molecule has 1 aliphatic heterocycles. The highest BCUT2D eigenvalue weighted by molar-refractivity contribution is 6.19. The molecule has 3 rings (SSSR count). The lowest BCUT2D eigenvalue weighted by atomic mass is 9.74. The van der Waals surface area contributed by atoms with Crippen LogP contribution in [-0.2, 0) is 22.4 Å². The minimum atomic E-state index is -1.41. The van der Waals surface area contributed by atoms with E-state index in [2.05, 4.69) is 15.6 Å². The summed E-state index contributed by atoms with van der Waals surface area (Å²) in [4.78, 5) is 40.1. The molecule has 8 nitrogen and oxygen atoms in total. The molecule has 0 radical (unpaired) electrons. The fraction of sp³-hybridized carbons (Fsp3) is 0.300. The first-order valence-corrected chi connectivity index (χ1v) is 8.81. The predicted molar refractivity (Wildman–Crippen MR) is 98.7 cm³/mol. The molecule has 8 heteroatoms. The van der Waals surface area contributed by atoms with E-state index in [-0.39, 0.29) is 12.8 Å². The van der Waals surface area contributed by atoms with Crippen LogP contribution in [0.5, 0.6) is 11.5 Å². The van der Waals surface area contributed by atoms with Gasteiger partial charge in [-0.3, -0.25) is 20.2 Å². The van der Waals surface area contributed by atoms with E-state index >= 15 is 0 Å². The highest BCUT2D eigenvalue weighted by Crippen LogP contribution is 2.35. The number of aromatic nitrogens is 1. The smallest absolute Gasteiger partial charge is 0.328 e. The number of hydrogen-bond acceptors (Lipinski definition) is 5. The molecule has 2 aromatic rings. The van der Waals surface area contributed by atoms with Crippen LogP contribution in [0, 0.1) is 5.41 Å². The minimum Gasteiger partial charge on any atom is -0.493 e. The molecular weight excluding hydrogens is 362 g/mol. The van der Waals surface area contributed by atoms with Crippen LogP contribution in [0.25, 0.3) is 0 Å². The fourth-order valence-corrected chi connectivity index (χ4v) is 3.34. The van der Waals surface area contributed by atoms with Gasteiger partial charge in [-0.1, -0.05) is 6.07 Å². The third kappa shape index (κ3) is 3.80. The van der Waals surface area contributed by atoms with Crippen molar-refractivity contribution in [3.05, 3.63) is 53.9 Å². The van der Waals surface area contributed by atoms with Gasteiger partial charge >= 0.3 is 6.03 Å². The van der Waals surface area contributed by atoms with E-state index in [1.54, 1.807) is 30.6 Å². The molecule has 4 amide bonds. The zero-order chi connectivity index (χ0) is 20.1. The Labute approximate surface area is 162 Å². The summed E-state index contributed by atoms with van der Waals surface area (Å²) in [6.45, 7) is 0. The first-order chi connectivity index (χ1) is 13.5. The van der Waals surface area contributed by atoms with E-state index in [0.29, 0.717) is 17.9 Å². The van der Waals surface area contributed by atoms with E-state index in [9.17, 15) is 14.4 Å². The van der Waals surface area contributed by atoms with Crippen LogP contribution in [0.3, 0.4) is 0 Å². The number of imide groups is 2. The molecule has 0 atom stereocenters. The Morgan fingerprint density at radius 2 is 1.54 bits per heavy atom. The predicted octanol–water partition coefficient (Wildman–Crippen LogP) is 1.05. The standard InChI is InChI=1S/C20H21N3O5/c1-27-15-4-3-14(11-16(15)28-2)12-20(8-5-13-6-9-21-10-7-13)17(24)22-19(26)23-18(20)25/h3-4,6-7,9-11H,5,8,12H2,1-2H3,(H2,22,23,24,25,26)/p+1. The summed E-state index contributed by atoms with van der Waals surface area (Å²) in [6.07, 6.45) is 4.42. The number of aromatic amines is 1. The number of hydrogen-bond donors (Lipinski definition) is 2. The molecule has 0 aliphatic carbocycles. The summed E-state index contributed by atoms with van der Waals surface area (Å²) in [5.74, 6) is -0.146. The average molecular weight is 384 g/mol. The van der Waals surface area contributed by atoms with Crippen molar-refractivity contribution in [1.82, 2.24) is 10.6 Å². The van der Waals surface area contributed by atoms with Crippen LogP contribution >= 0.6 is 0 Å². The van der Waals surface area contributed by atoms with Gasteiger partial charge in [-0.15, -0.1) is 0 Å². The second-order valence-corrected chi connectivity index (χ2v) is 6.59. The van der Waals surface area contributed by atoms with Gasteiger partial charge < -0.3 is 9.47 Å². The van der Waals surface area contributed by atoms with Crippen molar-refractivity contribution in [2.24, 2.45) is 5.41 Å². The molecule has 0 unspecified atom stereocenters. The number of H-pyrrole nitrogens is 1. The van der Waals surface area contributed by atoms with Gasteiger partial charge in [0.15, 0.2) is 23.9 Å². The molecule has 1 aliphatic rings. The van der Waals surface area contributed by atoms with Gasteiger partial charge in [0.25, 0.3) is 0 Å². The van der Waals surface area contributed by atoms with Gasteiger partial charge in [-0.25, -0.2) is 9.78 Å². The first-order valence-electron chi connectivity index (χ1n) is 8.81. The lowest BCUT2D eigenvalue weighted by Crippen LogP contribution is -2.63. The molecule has 146 valence electrons. The summed E-state index contributed by atoms with van der Waals surface area (Å²) < 4.78 is 10.6. The zero-order valence-corrected chi connectivity index (χ0v) is 15.7. The lowest BCUT2D eigenvalue weighted by Gasteiger charge is -2.34. The van der Waals surface area contributed by atoms with E-state index < -0.39 is 23.3 Å². The molecule has 1 saturated heterocycles. The number of amides is 4. The number of barbiturate groups is 1. The zero-order valence-electron chi connectivity index (χ0n) is 15.7.